The molecule has 2 rings (SSSR count). The molecule has 0 aliphatic heterocycles. The SMILES string of the molecule is CCSc1cccc(C)c1S(=O)(=O)OC(C)C.CCc1ccccc1S(=O)(=S)OC(C)C. The van der Waals surface area contributed by atoms with Crippen molar-refractivity contribution in [2.24, 2.45) is 0 Å². The molecule has 9 heteroatoms. The highest BCUT2D eigenvalue weighted by Crippen LogP contribution is 2.30. The summed E-state index contributed by atoms with van der Waals surface area (Å²) in [7, 11) is -6.43. The molecule has 0 radical (unpaired) electrons. The normalized spacial score (nSPS) is 13.5. The minimum atomic E-state index is -3.66. The summed E-state index contributed by atoms with van der Waals surface area (Å²) in [5.74, 6) is 0.827. The van der Waals surface area contributed by atoms with Crippen LogP contribution in [0.15, 0.2) is 57.2 Å². The van der Waals surface area contributed by atoms with E-state index in [1.165, 1.54) is 11.8 Å². The zero-order valence-corrected chi connectivity index (χ0v) is 23.1. The Balaban J connectivity index is 0.000000323. The highest BCUT2D eigenvalue weighted by atomic mass is 32.8. The van der Waals surface area contributed by atoms with Crippen LogP contribution in [-0.2, 0) is 44.9 Å². The molecule has 0 saturated carbocycles. The van der Waals surface area contributed by atoms with Crippen LogP contribution in [0.5, 0.6) is 0 Å². The lowest BCUT2D eigenvalue weighted by Gasteiger charge is -2.14. The van der Waals surface area contributed by atoms with Crippen molar-refractivity contribution < 1.29 is 21.0 Å². The molecule has 0 bridgehead atoms. The number of hydrogen-bond donors (Lipinski definition) is 0. The molecular weight excluding hydrogens is 485 g/mol. The molecular formula is C23H34O5S4. The van der Waals surface area contributed by atoms with Gasteiger partial charge in [0.25, 0.3) is 10.1 Å². The average Bonchev–Trinajstić information content (AvgIpc) is 2.66. The van der Waals surface area contributed by atoms with Gasteiger partial charge in [-0.2, -0.15) is 8.42 Å². The highest BCUT2D eigenvalue weighted by Gasteiger charge is 2.23. The standard InChI is InChI=1S/C12H18O3S2.C11H16O2S2/c1-5-16-11-8-6-7-10(4)12(11)17(13,14)15-9(2)3;1-4-10-7-5-6-8-11(10)15(12,14)13-9(2)3/h6-9H,5H2,1-4H3;5-9H,4H2,1-3H3. The van der Waals surface area contributed by atoms with Crippen LogP contribution in [0.1, 0.15) is 52.7 Å². The van der Waals surface area contributed by atoms with Gasteiger partial charge in [0, 0.05) is 16.1 Å². The third-order valence-corrected chi connectivity index (χ3v) is 9.09. The molecule has 0 N–H and O–H groups in total. The smallest absolute Gasteiger partial charge is 0.284 e. The Hall–Kier alpha value is -0.970. The van der Waals surface area contributed by atoms with Crippen LogP contribution < -0.4 is 0 Å². The first-order chi connectivity index (χ1) is 14.9. The number of aryl methyl sites for hydroxylation is 2. The summed E-state index contributed by atoms with van der Waals surface area (Å²) in [6.07, 6.45) is 0.338. The van der Waals surface area contributed by atoms with E-state index in [-0.39, 0.29) is 12.2 Å². The maximum atomic E-state index is 12.2. The molecule has 32 heavy (non-hydrogen) atoms. The van der Waals surface area contributed by atoms with Gasteiger partial charge < -0.3 is 0 Å². The van der Waals surface area contributed by atoms with Crippen molar-refractivity contribution in [1.82, 2.24) is 0 Å². The van der Waals surface area contributed by atoms with Crippen molar-refractivity contribution in [3.05, 3.63) is 53.6 Å². The molecule has 0 heterocycles. The molecule has 0 spiro atoms. The molecule has 0 aromatic heterocycles. The third kappa shape index (κ3) is 8.76. The molecule has 0 aliphatic carbocycles. The molecule has 1 unspecified atom stereocenters. The van der Waals surface area contributed by atoms with Crippen molar-refractivity contribution in [2.45, 2.75) is 81.8 Å². The first-order valence-electron chi connectivity index (χ1n) is 10.5. The molecule has 2 aromatic rings. The Labute approximate surface area is 203 Å². The second kappa shape index (κ2) is 13.1. The number of rotatable bonds is 9. The van der Waals surface area contributed by atoms with Gasteiger partial charge in [-0.25, -0.2) is 4.21 Å². The number of hydrogen-bond acceptors (Lipinski definition) is 7. The average molecular weight is 519 g/mol. The van der Waals surface area contributed by atoms with Crippen LogP contribution in [0.4, 0.5) is 0 Å². The lowest BCUT2D eigenvalue weighted by Crippen LogP contribution is -2.14. The summed E-state index contributed by atoms with van der Waals surface area (Å²) < 4.78 is 46.8. The van der Waals surface area contributed by atoms with Gasteiger partial charge in [0.2, 0.25) is 0 Å². The molecule has 180 valence electrons. The van der Waals surface area contributed by atoms with Gasteiger partial charge in [0.05, 0.1) is 17.1 Å². The predicted octanol–water partition coefficient (Wildman–Crippen LogP) is 5.91. The quantitative estimate of drug-likeness (QED) is 0.302. The van der Waals surface area contributed by atoms with Crippen LogP contribution in [0, 0.1) is 6.92 Å². The Kier molecular flexibility index (Phi) is 11.9. The maximum Gasteiger partial charge on any atom is 0.298 e. The predicted molar refractivity (Wildman–Crippen MR) is 137 cm³/mol. The molecule has 2 aromatic carbocycles. The molecule has 1 atom stereocenters. The van der Waals surface area contributed by atoms with Gasteiger partial charge in [0.1, 0.15) is 4.90 Å². The molecule has 0 saturated heterocycles. The van der Waals surface area contributed by atoms with Crippen molar-refractivity contribution in [3.8, 4) is 0 Å². The van der Waals surface area contributed by atoms with Crippen molar-refractivity contribution in [1.29, 1.82) is 0 Å². The minimum Gasteiger partial charge on any atom is -0.284 e. The maximum absolute atomic E-state index is 12.2. The van der Waals surface area contributed by atoms with Crippen LogP contribution in [0.25, 0.3) is 0 Å². The lowest BCUT2D eigenvalue weighted by molar-refractivity contribution is 0.248. The van der Waals surface area contributed by atoms with Crippen LogP contribution in [0.2, 0.25) is 0 Å². The summed E-state index contributed by atoms with van der Waals surface area (Å²) in [5.41, 5.74) is 1.72. The molecule has 0 amide bonds. The van der Waals surface area contributed by atoms with E-state index in [1.54, 1.807) is 32.9 Å². The zero-order valence-electron chi connectivity index (χ0n) is 19.8. The summed E-state index contributed by atoms with van der Waals surface area (Å²) in [4.78, 5) is 1.71. The lowest BCUT2D eigenvalue weighted by atomic mass is 10.2. The van der Waals surface area contributed by atoms with Gasteiger partial charge >= 0.3 is 0 Å². The summed E-state index contributed by atoms with van der Waals surface area (Å²) >= 11 is 6.56. The van der Waals surface area contributed by atoms with Crippen LogP contribution in [0.3, 0.4) is 0 Å². The first kappa shape index (κ1) is 29.1. The highest BCUT2D eigenvalue weighted by molar-refractivity contribution is 8.30. The Morgan fingerprint density at radius 2 is 1.50 bits per heavy atom. The Bertz CT molecular complexity index is 1080. The van der Waals surface area contributed by atoms with Gasteiger partial charge in [0.15, 0.2) is 8.77 Å². The third-order valence-electron chi connectivity index (χ3n) is 3.99. The van der Waals surface area contributed by atoms with E-state index in [0.29, 0.717) is 9.79 Å². The van der Waals surface area contributed by atoms with E-state index in [1.807, 2.05) is 58.0 Å². The Morgan fingerprint density at radius 1 is 0.906 bits per heavy atom. The number of thioether (sulfide) groups is 1. The Morgan fingerprint density at radius 3 is 2.03 bits per heavy atom. The fourth-order valence-corrected chi connectivity index (χ4v) is 7.85. The minimum absolute atomic E-state index is 0.125. The molecule has 0 aliphatic rings. The van der Waals surface area contributed by atoms with Crippen LogP contribution >= 0.6 is 11.8 Å². The van der Waals surface area contributed by atoms with E-state index in [0.717, 1.165) is 28.2 Å². The van der Waals surface area contributed by atoms with E-state index >= 15 is 0 Å². The van der Waals surface area contributed by atoms with E-state index in [4.69, 9.17) is 19.6 Å². The number of benzene rings is 2. The van der Waals surface area contributed by atoms with Gasteiger partial charge in [-0.3, -0.25) is 8.37 Å². The van der Waals surface area contributed by atoms with Crippen molar-refractivity contribution >= 4 is 41.8 Å². The van der Waals surface area contributed by atoms with Crippen molar-refractivity contribution in [2.75, 3.05) is 5.75 Å². The van der Waals surface area contributed by atoms with E-state index in [9.17, 15) is 12.6 Å². The van der Waals surface area contributed by atoms with Gasteiger partial charge in [-0.1, -0.05) is 44.2 Å². The molecule has 0 fully saturated rings. The largest absolute Gasteiger partial charge is 0.298 e. The second-order valence-corrected chi connectivity index (χ2v) is 13.2. The summed E-state index contributed by atoms with van der Waals surface area (Å²) in [6.45, 7) is 12.9. The topological polar surface area (TPSA) is 69.7 Å². The van der Waals surface area contributed by atoms with Crippen molar-refractivity contribution in [3.63, 3.8) is 0 Å². The fraction of sp³-hybridized carbons (Fsp3) is 0.478. The van der Waals surface area contributed by atoms with Crippen LogP contribution in [-0.4, -0.2) is 30.6 Å². The zero-order chi connectivity index (χ0) is 24.5. The second-order valence-electron chi connectivity index (χ2n) is 7.49. The van der Waals surface area contributed by atoms with Gasteiger partial charge in [-0.05, 0) is 70.1 Å². The van der Waals surface area contributed by atoms with E-state index in [2.05, 4.69) is 0 Å². The molecule has 5 nitrogen and oxygen atoms in total. The monoisotopic (exact) mass is 518 g/mol. The summed E-state index contributed by atoms with van der Waals surface area (Å²) in [5, 5.41) is 0. The van der Waals surface area contributed by atoms with Gasteiger partial charge in [-0.15, -0.1) is 11.8 Å². The summed E-state index contributed by atoms with van der Waals surface area (Å²) in [6, 6.07) is 12.9. The van der Waals surface area contributed by atoms with E-state index < -0.39 is 18.9 Å². The first-order valence-corrected chi connectivity index (χ1v) is 15.3. The fourth-order valence-electron chi connectivity index (χ4n) is 2.86.